The van der Waals surface area contributed by atoms with Crippen molar-refractivity contribution >= 4 is 17.5 Å². The van der Waals surface area contributed by atoms with Gasteiger partial charge in [0.1, 0.15) is 5.71 Å². The first-order valence-electron chi connectivity index (χ1n) is 5.24. The molecule has 0 aromatic carbocycles. The average Bonchev–Trinajstić information content (AvgIpc) is 2.29. The van der Waals surface area contributed by atoms with Crippen molar-refractivity contribution in [2.45, 2.75) is 32.1 Å². The summed E-state index contributed by atoms with van der Waals surface area (Å²) in [5, 5.41) is 14.7. The zero-order valence-electron chi connectivity index (χ0n) is 8.95. The van der Waals surface area contributed by atoms with Crippen LogP contribution in [0.4, 0.5) is 0 Å². The van der Waals surface area contributed by atoms with Gasteiger partial charge in [-0.3, -0.25) is 9.59 Å². The van der Waals surface area contributed by atoms with E-state index in [1.807, 2.05) is 6.07 Å². The molecule has 0 spiro atoms. The van der Waals surface area contributed by atoms with E-state index in [9.17, 15) is 9.59 Å². The number of hydrazone groups is 1. The van der Waals surface area contributed by atoms with Gasteiger partial charge in [0.25, 0.3) is 5.91 Å². The molecular weight excluding hydrogens is 208 g/mol. The molecule has 0 saturated heterocycles. The van der Waals surface area contributed by atoms with Crippen molar-refractivity contribution in [3.63, 3.8) is 0 Å². The molecule has 1 aliphatic rings. The maximum absolute atomic E-state index is 11.5. The molecule has 0 aromatic heterocycles. The highest BCUT2D eigenvalue weighted by molar-refractivity contribution is 6.39. The molecule has 6 nitrogen and oxygen atoms in total. The average molecular weight is 222 g/mol. The Morgan fingerprint density at radius 1 is 1.50 bits per heavy atom. The fourth-order valence-corrected chi connectivity index (χ4v) is 1.27. The third-order valence-electron chi connectivity index (χ3n) is 2.17. The SMILES string of the molecule is N#CCCCCNC(=O)C1=NNC(=O)CC1. The number of hydrogen-bond donors (Lipinski definition) is 2. The Balaban J connectivity index is 2.20. The molecule has 0 atom stereocenters. The van der Waals surface area contributed by atoms with Gasteiger partial charge in [0.05, 0.1) is 6.07 Å². The van der Waals surface area contributed by atoms with Gasteiger partial charge in [-0.15, -0.1) is 0 Å². The van der Waals surface area contributed by atoms with Gasteiger partial charge >= 0.3 is 0 Å². The highest BCUT2D eigenvalue weighted by Crippen LogP contribution is 1.99. The van der Waals surface area contributed by atoms with Gasteiger partial charge in [-0.1, -0.05) is 0 Å². The van der Waals surface area contributed by atoms with E-state index in [1.54, 1.807) is 0 Å². The van der Waals surface area contributed by atoms with E-state index < -0.39 is 0 Å². The molecule has 2 N–H and O–H groups in total. The second-order valence-corrected chi connectivity index (χ2v) is 3.46. The van der Waals surface area contributed by atoms with Crippen molar-refractivity contribution in [2.24, 2.45) is 5.10 Å². The smallest absolute Gasteiger partial charge is 0.267 e. The van der Waals surface area contributed by atoms with Crippen LogP contribution in [0.2, 0.25) is 0 Å². The summed E-state index contributed by atoms with van der Waals surface area (Å²) in [6, 6.07) is 2.04. The fraction of sp³-hybridized carbons (Fsp3) is 0.600. The molecule has 0 unspecified atom stereocenters. The largest absolute Gasteiger partial charge is 0.351 e. The number of nitriles is 1. The van der Waals surface area contributed by atoms with Gasteiger partial charge in [0.2, 0.25) is 5.91 Å². The minimum absolute atomic E-state index is 0.162. The van der Waals surface area contributed by atoms with Crippen molar-refractivity contribution in [3.8, 4) is 6.07 Å². The summed E-state index contributed by atoms with van der Waals surface area (Å²) in [5.74, 6) is -0.400. The zero-order valence-corrected chi connectivity index (χ0v) is 8.95. The number of hydrogen-bond acceptors (Lipinski definition) is 4. The Bertz CT molecular complexity index is 343. The Labute approximate surface area is 93.7 Å². The van der Waals surface area contributed by atoms with Gasteiger partial charge in [-0.2, -0.15) is 10.4 Å². The lowest BCUT2D eigenvalue weighted by Crippen LogP contribution is -2.37. The van der Waals surface area contributed by atoms with Crippen LogP contribution in [-0.4, -0.2) is 24.1 Å². The summed E-state index contributed by atoms with van der Waals surface area (Å²) in [4.78, 5) is 22.3. The van der Waals surface area contributed by atoms with Crippen molar-refractivity contribution < 1.29 is 9.59 Å². The first-order valence-corrected chi connectivity index (χ1v) is 5.24. The van der Waals surface area contributed by atoms with E-state index in [0.29, 0.717) is 31.5 Å². The number of nitrogens with zero attached hydrogens (tertiary/aromatic N) is 2. The van der Waals surface area contributed by atoms with Crippen LogP contribution < -0.4 is 10.7 Å². The number of carbonyl (C=O) groups excluding carboxylic acids is 2. The fourth-order valence-electron chi connectivity index (χ4n) is 1.27. The number of unbranched alkanes of at least 4 members (excludes halogenated alkanes) is 2. The Kier molecular flexibility index (Phi) is 4.99. The molecule has 0 fully saturated rings. The summed E-state index contributed by atoms with van der Waals surface area (Å²) in [5.41, 5.74) is 2.63. The van der Waals surface area contributed by atoms with Crippen LogP contribution in [0.3, 0.4) is 0 Å². The zero-order chi connectivity index (χ0) is 11.8. The van der Waals surface area contributed by atoms with Crippen molar-refractivity contribution in [3.05, 3.63) is 0 Å². The lowest BCUT2D eigenvalue weighted by molar-refractivity contribution is -0.121. The second kappa shape index (κ2) is 6.56. The van der Waals surface area contributed by atoms with Crippen LogP contribution in [0, 0.1) is 11.3 Å². The minimum Gasteiger partial charge on any atom is -0.351 e. The first-order chi connectivity index (χ1) is 7.74. The van der Waals surface area contributed by atoms with Crippen molar-refractivity contribution in [2.75, 3.05) is 6.54 Å². The number of rotatable bonds is 5. The van der Waals surface area contributed by atoms with E-state index >= 15 is 0 Å². The topological polar surface area (TPSA) is 94.3 Å². The van der Waals surface area contributed by atoms with Gasteiger partial charge in [0, 0.05) is 25.8 Å². The molecule has 1 aliphatic heterocycles. The maximum Gasteiger partial charge on any atom is 0.267 e. The summed E-state index contributed by atoms with van der Waals surface area (Å²) >= 11 is 0. The second-order valence-electron chi connectivity index (χ2n) is 3.46. The monoisotopic (exact) mass is 222 g/mol. The van der Waals surface area contributed by atoms with E-state index in [0.717, 1.165) is 12.8 Å². The van der Waals surface area contributed by atoms with Crippen LogP contribution in [-0.2, 0) is 9.59 Å². The van der Waals surface area contributed by atoms with Crippen LogP contribution in [0.5, 0.6) is 0 Å². The van der Waals surface area contributed by atoms with Crippen LogP contribution in [0.1, 0.15) is 32.1 Å². The summed E-state index contributed by atoms with van der Waals surface area (Å²) < 4.78 is 0. The third-order valence-corrected chi connectivity index (χ3v) is 2.17. The maximum atomic E-state index is 11.5. The van der Waals surface area contributed by atoms with E-state index in [-0.39, 0.29) is 11.8 Å². The number of nitrogens with one attached hydrogen (secondary N) is 2. The Hall–Kier alpha value is -1.90. The number of amides is 2. The molecule has 86 valence electrons. The normalized spacial score (nSPS) is 14.7. The van der Waals surface area contributed by atoms with Gasteiger partial charge < -0.3 is 5.32 Å². The molecule has 0 bridgehead atoms. The molecule has 6 heteroatoms. The number of carbonyl (C=O) groups is 2. The highest BCUT2D eigenvalue weighted by atomic mass is 16.2. The van der Waals surface area contributed by atoms with Crippen molar-refractivity contribution in [1.82, 2.24) is 10.7 Å². The van der Waals surface area contributed by atoms with Gasteiger partial charge in [0.15, 0.2) is 0 Å². The van der Waals surface area contributed by atoms with Crippen molar-refractivity contribution in [1.29, 1.82) is 5.26 Å². The van der Waals surface area contributed by atoms with E-state index in [4.69, 9.17) is 5.26 Å². The Morgan fingerprint density at radius 2 is 2.31 bits per heavy atom. The van der Waals surface area contributed by atoms with E-state index in [1.165, 1.54) is 0 Å². The van der Waals surface area contributed by atoms with Crippen LogP contribution in [0.15, 0.2) is 5.10 Å². The van der Waals surface area contributed by atoms with Crippen LogP contribution in [0.25, 0.3) is 0 Å². The summed E-state index contributed by atoms with van der Waals surface area (Å²) in [6.07, 6.45) is 2.75. The molecular formula is C10H14N4O2. The predicted molar refractivity (Wildman–Crippen MR) is 57.3 cm³/mol. The predicted octanol–water partition coefficient (Wildman–Crippen LogP) is 0.0625. The summed E-state index contributed by atoms with van der Waals surface area (Å²) in [7, 11) is 0. The molecule has 0 saturated carbocycles. The molecule has 16 heavy (non-hydrogen) atoms. The molecule has 2 amide bonds. The molecule has 0 aliphatic carbocycles. The quantitative estimate of drug-likeness (QED) is 0.644. The molecule has 1 heterocycles. The van der Waals surface area contributed by atoms with Gasteiger partial charge in [-0.25, -0.2) is 5.43 Å². The lowest BCUT2D eigenvalue weighted by Gasteiger charge is -2.11. The van der Waals surface area contributed by atoms with Gasteiger partial charge in [-0.05, 0) is 12.8 Å². The van der Waals surface area contributed by atoms with Crippen LogP contribution >= 0.6 is 0 Å². The third kappa shape index (κ3) is 4.09. The molecule has 0 radical (unpaired) electrons. The minimum atomic E-state index is -0.239. The first kappa shape index (κ1) is 12.2. The standard InChI is InChI=1S/C10H14N4O2/c11-6-2-1-3-7-12-10(16)8-4-5-9(15)14-13-8/h1-5,7H2,(H,12,16)(H,14,15). The lowest BCUT2D eigenvalue weighted by atomic mass is 10.1. The highest BCUT2D eigenvalue weighted by Gasteiger charge is 2.17. The Morgan fingerprint density at radius 3 is 2.94 bits per heavy atom. The molecule has 0 aromatic rings. The summed E-state index contributed by atoms with van der Waals surface area (Å²) in [6.45, 7) is 0.535. The molecule has 1 rings (SSSR count). The van der Waals surface area contributed by atoms with E-state index in [2.05, 4.69) is 15.8 Å².